The van der Waals surface area contributed by atoms with Crippen molar-refractivity contribution in [2.24, 2.45) is 0 Å². The second-order valence-electron chi connectivity index (χ2n) is 3.97. The molecule has 19 heavy (non-hydrogen) atoms. The lowest BCUT2D eigenvalue weighted by Gasteiger charge is -2.01. The first kappa shape index (κ1) is 11.4. The predicted octanol–water partition coefficient (Wildman–Crippen LogP) is 3.22. The van der Waals surface area contributed by atoms with Crippen molar-refractivity contribution >= 4 is 22.7 Å². The molecule has 3 aromatic rings. The lowest BCUT2D eigenvalue weighted by molar-refractivity contribution is 0.102. The van der Waals surface area contributed by atoms with Gasteiger partial charge in [-0.2, -0.15) is 0 Å². The van der Waals surface area contributed by atoms with Gasteiger partial charge in [-0.25, -0.2) is 4.39 Å². The maximum Gasteiger partial charge on any atom is 0.256 e. The van der Waals surface area contributed by atoms with E-state index in [-0.39, 0.29) is 17.3 Å². The highest BCUT2D eigenvalue weighted by atomic mass is 19.1. The smallest absolute Gasteiger partial charge is 0.256 e. The van der Waals surface area contributed by atoms with Gasteiger partial charge in [-0.15, -0.1) is 0 Å². The topological polar surface area (TPSA) is 55.1 Å². The Hall–Kier alpha value is -2.69. The number of aromatic nitrogens is 1. The second-order valence-corrected chi connectivity index (χ2v) is 3.97. The van der Waals surface area contributed by atoms with Gasteiger partial charge in [-0.05, 0) is 24.3 Å². The van der Waals surface area contributed by atoms with E-state index in [1.54, 1.807) is 30.3 Å². The first-order valence-corrected chi connectivity index (χ1v) is 5.66. The molecule has 1 aromatic heterocycles. The molecule has 94 valence electrons. The van der Waals surface area contributed by atoms with Crippen molar-refractivity contribution in [2.75, 3.05) is 5.32 Å². The Labute approximate surface area is 107 Å². The fourth-order valence-electron chi connectivity index (χ4n) is 1.79. The van der Waals surface area contributed by atoms with Crippen LogP contribution in [0.3, 0.4) is 0 Å². The highest BCUT2D eigenvalue weighted by molar-refractivity contribution is 6.07. The molecule has 0 bridgehead atoms. The van der Waals surface area contributed by atoms with Gasteiger partial charge in [0.2, 0.25) is 5.58 Å². The van der Waals surface area contributed by atoms with E-state index in [0.29, 0.717) is 10.9 Å². The van der Waals surface area contributed by atoms with Crippen molar-refractivity contribution in [1.82, 2.24) is 5.16 Å². The van der Waals surface area contributed by atoms with E-state index < -0.39 is 5.82 Å². The van der Waals surface area contributed by atoms with Crippen molar-refractivity contribution in [3.8, 4) is 0 Å². The van der Waals surface area contributed by atoms with Gasteiger partial charge >= 0.3 is 0 Å². The number of benzene rings is 2. The summed E-state index contributed by atoms with van der Waals surface area (Å²) in [6.45, 7) is 0. The highest BCUT2D eigenvalue weighted by Gasteiger charge is 2.14. The molecule has 3 rings (SSSR count). The van der Waals surface area contributed by atoms with Crippen molar-refractivity contribution in [3.63, 3.8) is 0 Å². The summed E-state index contributed by atoms with van der Waals surface area (Å²) in [6.07, 6.45) is 0. The van der Waals surface area contributed by atoms with Crippen LogP contribution in [0.2, 0.25) is 0 Å². The minimum absolute atomic E-state index is 0.0332. The number of carbonyl (C=O) groups excluding carboxylic acids is 1. The number of nitrogens with zero attached hydrogens (tertiary/aromatic N) is 1. The molecular formula is C14H9FN2O2. The van der Waals surface area contributed by atoms with E-state index in [1.807, 2.05) is 6.07 Å². The van der Waals surface area contributed by atoms with Crippen LogP contribution >= 0.6 is 0 Å². The Morgan fingerprint density at radius 3 is 2.68 bits per heavy atom. The van der Waals surface area contributed by atoms with Gasteiger partial charge in [0.15, 0.2) is 11.6 Å². The monoisotopic (exact) mass is 256 g/mol. The summed E-state index contributed by atoms with van der Waals surface area (Å²) >= 11 is 0. The SMILES string of the molecule is O=C(Nc1noc2c(F)cccc12)c1ccccc1. The number of halogens is 1. The van der Waals surface area contributed by atoms with Crippen LogP contribution in [0.15, 0.2) is 53.1 Å². The Morgan fingerprint density at radius 1 is 1.11 bits per heavy atom. The van der Waals surface area contributed by atoms with E-state index in [9.17, 15) is 9.18 Å². The van der Waals surface area contributed by atoms with Crippen LogP contribution in [0, 0.1) is 5.82 Å². The number of anilines is 1. The third kappa shape index (κ3) is 2.06. The van der Waals surface area contributed by atoms with Gasteiger partial charge in [0, 0.05) is 5.56 Å². The molecule has 0 aliphatic carbocycles. The second kappa shape index (κ2) is 4.53. The molecular weight excluding hydrogens is 247 g/mol. The van der Waals surface area contributed by atoms with Crippen molar-refractivity contribution < 1.29 is 13.7 Å². The molecule has 2 aromatic carbocycles. The lowest BCUT2D eigenvalue weighted by atomic mass is 10.2. The summed E-state index contributed by atoms with van der Waals surface area (Å²) in [6, 6.07) is 13.1. The van der Waals surface area contributed by atoms with Crippen LogP contribution < -0.4 is 5.32 Å². The average molecular weight is 256 g/mol. The third-order valence-electron chi connectivity index (χ3n) is 2.72. The van der Waals surface area contributed by atoms with Crippen LogP contribution in [0.1, 0.15) is 10.4 Å². The summed E-state index contributed by atoms with van der Waals surface area (Å²) in [5.41, 5.74) is 0.529. The first-order valence-electron chi connectivity index (χ1n) is 5.66. The van der Waals surface area contributed by atoms with Crippen molar-refractivity contribution in [1.29, 1.82) is 0 Å². The maximum atomic E-state index is 13.4. The number of nitrogens with one attached hydrogen (secondary N) is 1. The molecule has 4 nitrogen and oxygen atoms in total. The minimum Gasteiger partial charge on any atom is -0.351 e. The number of para-hydroxylation sites is 1. The van der Waals surface area contributed by atoms with E-state index in [4.69, 9.17) is 4.52 Å². The van der Waals surface area contributed by atoms with Gasteiger partial charge in [0.1, 0.15) is 0 Å². The van der Waals surface area contributed by atoms with E-state index in [1.165, 1.54) is 12.1 Å². The van der Waals surface area contributed by atoms with Crippen LogP contribution in [0.4, 0.5) is 10.2 Å². The minimum atomic E-state index is -0.509. The van der Waals surface area contributed by atoms with Crippen molar-refractivity contribution in [3.05, 3.63) is 59.9 Å². The molecule has 0 aliphatic heterocycles. The number of fused-ring (bicyclic) bond motifs is 1. The Morgan fingerprint density at radius 2 is 1.89 bits per heavy atom. The molecule has 0 spiro atoms. The summed E-state index contributed by atoms with van der Waals surface area (Å²) in [7, 11) is 0. The van der Waals surface area contributed by atoms with Gasteiger partial charge in [0.05, 0.1) is 5.39 Å². The molecule has 5 heteroatoms. The van der Waals surface area contributed by atoms with Gasteiger partial charge < -0.3 is 9.84 Å². The fourth-order valence-corrected chi connectivity index (χ4v) is 1.79. The van der Waals surface area contributed by atoms with E-state index in [2.05, 4.69) is 10.5 Å². The normalized spacial score (nSPS) is 10.6. The summed E-state index contributed by atoms with van der Waals surface area (Å²) < 4.78 is 18.3. The Balaban J connectivity index is 1.94. The fraction of sp³-hybridized carbons (Fsp3) is 0. The number of carbonyl (C=O) groups is 1. The average Bonchev–Trinajstić information content (AvgIpc) is 2.84. The number of hydrogen-bond acceptors (Lipinski definition) is 3. The molecule has 1 N–H and O–H groups in total. The summed E-state index contributed by atoms with van der Waals surface area (Å²) in [5, 5.41) is 6.71. The van der Waals surface area contributed by atoms with Crippen LogP contribution in [-0.2, 0) is 0 Å². The summed E-state index contributed by atoms with van der Waals surface area (Å²) in [4.78, 5) is 12.0. The standard InChI is InChI=1S/C14H9FN2O2/c15-11-8-4-7-10-12(11)19-17-13(10)16-14(18)9-5-2-1-3-6-9/h1-8H,(H,16,17,18). The zero-order chi connectivity index (χ0) is 13.2. The van der Waals surface area contributed by atoms with E-state index in [0.717, 1.165) is 0 Å². The first-order chi connectivity index (χ1) is 9.25. The number of amides is 1. The van der Waals surface area contributed by atoms with Crippen molar-refractivity contribution in [2.45, 2.75) is 0 Å². The molecule has 0 aliphatic rings. The predicted molar refractivity (Wildman–Crippen MR) is 68.4 cm³/mol. The molecule has 0 saturated heterocycles. The molecule has 0 unspecified atom stereocenters. The number of rotatable bonds is 2. The molecule has 0 fully saturated rings. The summed E-state index contributed by atoms with van der Waals surface area (Å²) in [5.74, 6) is -0.617. The lowest BCUT2D eigenvalue weighted by Crippen LogP contribution is -2.11. The largest absolute Gasteiger partial charge is 0.351 e. The maximum absolute atomic E-state index is 13.4. The zero-order valence-corrected chi connectivity index (χ0v) is 9.76. The third-order valence-corrected chi connectivity index (χ3v) is 2.72. The van der Waals surface area contributed by atoms with Gasteiger partial charge in [0.25, 0.3) is 5.91 Å². The van der Waals surface area contributed by atoms with Crippen LogP contribution in [0.5, 0.6) is 0 Å². The Bertz CT molecular complexity index is 738. The Kier molecular flexibility index (Phi) is 2.72. The van der Waals surface area contributed by atoms with Crippen LogP contribution in [-0.4, -0.2) is 11.1 Å². The van der Waals surface area contributed by atoms with Gasteiger partial charge in [-0.3, -0.25) is 4.79 Å². The molecule has 0 atom stereocenters. The molecule has 1 amide bonds. The van der Waals surface area contributed by atoms with Gasteiger partial charge in [-0.1, -0.05) is 29.4 Å². The molecule has 0 saturated carbocycles. The number of hydrogen-bond donors (Lipinski definition) is 1. The molecule has 0 radical (unpaired) electrons. The molecule has 1 heterocycles. The highest BCUT2D eigenvalue weighted by Crippen LogP contribution is 2.25. The van der Waals surface area contributed by atoms with Crippen LogP contribution in [0.25, 0.3) is 11.0 Å². The quantitative estimate of drug-likeness (QED) is 0.765. The zero-order valence-electron chi connectivity index (χ0n) is 9.76. The van der Waals surface area contributed by atoms with E-state index >= 15 is 0 Å².